The van der Waals surface area contributed by atoms with Crippen molar-refractivity contribution in [2.75, 3.05) is 6.54 Å². The quantitative estimate of drug-likeness (QED) is 0.480. The lowest BCUT2D eigenvalue weighted by Gasteiger charge is -2.53. The molecule has 0 radical (unpaired) electrons. The minimum absolute atomic E-state index is 0.0121. The monoisotopic (exact) mass is 527 g/mol. The number of nitrogens with zero attached hydrogens (tertiary/aromatic N) is 1. The van der Waals surface area contributed by atoms with Crippen LogP contribution in [0.25, 0.3) is 0 Å². The number of hydrogen-bond acceptors (Lipinski definition) is 5. The van der Waals surface area contributed by atoms with E-state index < -0.39 is 23.0 Å². The van der Waals surface area contributed by atoms with Crippen LogP contribution in [0.1, 0.15) is 78.9 Å². The van der Waals surface area contributed by atoms with Gasteiger partial charge in [0.2, 0.25) is 5.91 Å². The van der Waals surface area contributed by atoms with Gasteiger partial charge in [-0.15, -0.1) is 0 Å². The van der Waals surface area contributed by atoms with Gasteiger partial charge in [-0.25, -0.2) is 0 Å². The average molecular weight is 528 g/mol. The van der Waals surface area contributed by atoms with Crippen LogP contribution in [0.5, 0.6) is 5.75 Å². The highest BCUT2D eigenvalue weighted by Gasteiger charge is 2.88. The molecule has 2 aromatic carbocycles. The summed E-state index contributed by atoms with van der Waals surface area (Å²) in [6.45, 7) is 5.21. The summed E-state index contributed by atoms with van der Waals surface area (Å²) in [6.07, 6.45) is 5.03. The van der Waals surface area contributed by atoms with Crippen LogP contribution < -0.4 is 15.8 Å². The zero-order valence-electron chi connectivity index (χ0n) is 22.7. The maximum Gasteiger partial charge on any atom is 0.252 e. The SMILES string of the molecule is CC(C)C(C(=O)N[C@@H]1CC[C@@]2(O)C3N(CC4CC4)C34Cc3ccc(C(N)=O)c5c3[C@@]2(C4)[C@H]1O5)c1ccccc1. The number of amides is 2. The number of primary amides is 1. The molecule has 4 fully saturated rings. The van der Waals surface area contributed by atoms with Gasteiger partial charge < -0.3 is 20.9 Å². The molecule has 7 heteroatoms. The minimum atomic E-state index is -0.961. The van der Waals surface area contributed by atoms with Crippen LogP contribution in [0.2, 0.25) is 0 Å². The molecule has 8 rings (SSSR count). The lowest BCUT2D eigenvalue weighted by molar-refractivity contribution is -0.134. The summed E-state index contributed by atoms with van der Waals surface area (Å²) in [4.78, 5) is 29.0. The van der Waals surface area contributed by atoms with Crippen molar-refractivity contribution in [2.24, 2.45) is 17.6 Å². The first-order valence-electron chi connectivity index (χ1n) is 14.7. The van der Waals surface area contributed by atoms with Crippen LogP contribution in [0.15, 0.2) is 42.5 Å². The maximum atomic E-state index is 13.9. The Kier molecular flexibility index (Phi) is 4.69. The van der Waals surface area contributed by atoms with Crippen molar-refractivity contribution in [1.29, 1.82) is 0 Å². The number of hydrogen-bond donors (Lipinski definition) is 3. The molecule has 2 aromatic rings. The van der Waals surface area contributed by atoms with E-state index in [0.717, 1.165) is 36.4 Å². The van der Waals surface area contributed by atoms with Crippen molar-refractivity contribution >= 4 is 11.8 Å². The van der Waals surface area contributed by atoms with Crippen LogP contribution in [0.4, 0.5) is 0 Å². The van der Waals surface area contributed by atoms with Crippen LogP contribution in [0, 0.1) is 11.8 Å². The van der Waals surface area contributed by atoms with Gasteiger partial charge in [-0.2, -0.15) is 0 Å². The van der Waals surface area contributed by atoms with E-state index >= 15 is 0 Å². The smallest absolute Gasteiger partial charge is 0.252 e. The average Bonchev–Trinajstić information content (AvgIpc) is 3.77. The zero-order chi connectivity index (χ0) is 26.9. The Bertz CT molecular complexity index is 1410. The van der Waals surface area contributed by atoms with Gasteiger partial charge in [-0.1, -0.05) is 50.2 Å². The van der Waals surface area contributed by atoms with Gasteiger partial charge in [0.1, 0.15) is 11.9 Å². The third-order valence-corrected chi connectivity index (χ3v) is 11.1. The van der Waals surface area contributed by atoms with E-state index in [1.807, 2.05) is 36.4 Å². The molecule has 4 N–H and O–H groups in total. The Hall–Kier alpha value is -2.90. The fraction of sp³-hybridized carbons (Fsp3) is 0.562. The summed E-state index contributed by atoms with van der Waals surface area (Å²) in [5.74, 6) is 0.591. The van der Waals surface area contributed by atoms with Gasteiger partial charge in [0.15, 0.2) is 0 Å². The first kappa shape index (κ1) is 23.9. The molecule has 4 unspecified atom stereocenters. The van der Waals surface area contributed by atoms with Crippen molar-refractivity contribution in [2.45, 2.75) is 93.0 Å². The lowest BCUT2D eigenvalue weighted by Crippen LogP contribution is -2.69. The van der Waals surface area contributed by atoms with E-state index in [2.05, 4.69) is 24.1 Å². The molecular formula is C32H37N3O4. The number of rotatable bonds is 7. The second-order valence-electron chi connectivity index (χ2n) is 13.5. The van der Waals surface area contributed by atoms with Gasteiger partial charge in [0, 0.05) is 17.6 Å². The Morgan fingerprint density at radius 1 is 1.15 bits per heavy atom. The Morgan fingerprint density at radius 2 is 1.92 bits per heavy atom. The van der Waals surface area contributed by atoms with Crippen molar-refractivity contribution in [3.8, 4) is 5.75 Å². The number of fused-ring (bicyclic) bond motifs is 1. The molecule has 2 amide bonds. The summed E-state index contributed by atoms with van der Waals surface area (Å²) in [5, 5.41) is 16.1. The van der Waals surface area contributed by atoms with E-state index in [4.69, 9.17) is 10.5 Å². The predicted molar refractivity (Wildman–Crippen MR) is 145 cm³/mol. The maximum absolute atomic E-state index is 13.9. The zero-order valence-corrected chi connectivity index (χ0v) is 22.7. The number of aliphatic hydroxyl groups is 1. The minimum Gasteiger partial charge on any atom is -0.486 e. The third kappa shape index (κ3) is 2.90. The summed E-state index contributed by atoms with van der Waals surface area (Å²) >= 11 is 0. The topological polar surface area (TPSA) is 105 Å². The first-order chi connectivity index (χ1) is 18.7. The highest BCUT2D eigenvalue weighted by Crippen LogP contribution is 2.76. The van der Waals surface area contributed by atoms with Crippen molar-refractivity contribution in [3.05, 3.63) is 64.7 Å². The molecule has 204 valence electrons. The second kappa shape index (κ2) is 7.64. The normalized spacial score (nSPS) is 39.0. The number of carbonyl (C=O) groups excluding carboxylic acids is 2. The highest BCUT2D eigenvalue weighted by atomic mass is 16.5. The summed E-state index contributed by atoms with van der Waals surface area (Å²) < 4.78 is 6.74. The van der Waals surface area contributed by atoms with Crippen molar-refractivity contribution < 1.29 is 19.4 Å². The summed E-state index contributed by atoms with van der Waals surface area (Å²) in [6, 6.07) is 13.6. The van der Waals surface area contributed by atoms with E-state index in [9.17, 15) is 14.7 Å². The molecule has 2 aliphatic heterocycles. The molecular weight excluding hydrogens is 490 g/mol. The number of benzene rings is 2. The Balaban J connectivity index is 1.20. The molecule has 6 aliphatic rings. The van der Waals surface area contributed by atoms with Crippen molar-refractivity contribution in [3.63, 3.8) is 0 Å². The molecule has 4 aliphatic carbocycles. The van der Waals surface area contributed by atoms with Crippen LogP contribution in [-0.2, 0) is 16.6 Å². The molecule has 2 heterocycles. The molecule has 7 nitrogen and oxygen atoms in total. The molecule has 3 saturated carbocycles. The fourth-order valence-electron chi connectivity index (χ4n) is 9.50. The van der Waals surface area contributed by atoms with Crippen LogP contribution >= 0.6 is 0 Å². The number of carbonyl (C=O) groups is 2. The predicted octanol–water partition coefficient (Wildman–Crippen LogP) is 3.03. The molecule has 0 aromatic heterocycles. The number of nitrogens with one attached hydrogen (secondary N) is 1. The van der Waals surface area contributed by atoms with Crippen LogP contribution in [-0.4, -0.2) is 57.7 Å². The van der Waals surface area contributed by atoms with E-state index in [-0.39, 0.29) is 35.4 Å². The van der Waals surface area contributed by atoms with Gasteiger partial charge >= 0.3 is 0 Å². The standard InChI is InChI=1S/C32H37N3O4/c1-17(2)23(19-6-4-3-5-7-19)28(37)34-22-12-13-32(38)29-30(35(29)15-18-8-9-18)14-20-10-11-21(27(33)36)25-24(20)31(32,16-30)26(22)39-25/h3-7,10-11,17-18,22-23,26,29,38H,8-9,12-16H2,1-2H3,(H2,33,36)(H,34,37)/t22-,23?,26+,29?,30?,31+,32-,35?/m1/s1. The summed E-state index contributed by atoms with van der Waals surface area (Å²) in [7, 11) is 0. The highest BCUT2D eigenvalue weighted by molar-refractivity contribution is 5.97. The van der Waals surface area contributed by atoms with E-state index in [1.54, 1.807) is 6.07 Å². The largest absolute Gasteiger partial charge is 0.486 e. The Labute approximate surface area is 229 Å². The van der Waals surface area contributed by atoms with E-state index in [1.165, 1.54) is 18.4 Å². The van der Waals surface area contributed by atoms with E-state index in [0.29, 0.717) is 24.2 Å². The molecule has 39 heavy (non-hydrogen) atoms. The van der Waals surface area contributed by atoms with Crippen LogP contribution in [0.3, 0.4) is 0 Å². The lowest BCUT2D eigenvalue weighted by atomic mass is 9.56. The number of piperidine rings is 1. The molecule has 8 atom stereocenters. The van der Waals surface area contributed by atoms with Gasteiger partial charge in [-0.05, 0) is 67.6 Å². The van der Waals surface area contributed by atoms with Gasteiger partial charge in [-0.3, -0.25) is 14.5 Å². The first-order valence-corrected chi connectivity index (χ1v) is 14.7. The second-order valence-corrected chi connectivity index (χ2v) is 13.5. The van der Waals surface area contributed by atoms with Crippen molar-refractivity contribution in [1.82, 2.24) is 10.2 Å². The number of likely N-dealkylation sites (tertiary alicyclic amines) is 1. The molecule has 1 saturated heterocycles. The molecule has 2 spiro atoms. The fourth-order valence-corrected chi connectivity index (χ4v) is 9.50. The number of ether oxygens (including phenoxy) is 1. The summed E-state index contributed by atoms with van der Waals surface area (Å²) in [5.41, 5.74) is 7.67. The molecule has 2 bridgehead atoms. The third-order valence-electron chi connectivity index (χ3n) is 11.1. The van der Waals surface area contributed by atoms with Gasteiger partial charge in [0.05, 0.1) is 34.6 Å². The Morgan fingerprint density at radius 3 is 2.62 bits per heavy atom. The number of nitrogens with two attached hydrogens (primary N) is 1. The van der Waals surface area contributed by atoms with Gasteiger partial charge in [0.25, 0.3) is 5.91 Å².